The van der Waals surface area contributed by atoms with Gasteiger partial charge in [-0.05, 0) is 42.7 Å². The molecule has 2 heterocycles. The minimum atomic E-state index is -0.340. The van der Waals surface area contributed by atoms with Crippen LogP contribution in [0.2, 0.25) is 0 Å². The van der Waals surface area contributed by atoms with Crippen molar-refractivity contribution in [2.24, 2.45) is 0 Å². The highest BCUT2D eigenvalue weighted by Gasteiger charge is 2.47. The van der Waals surface area contributed by atoms with Gasteiger partial charge in [-0.2, -0.15) is 0 Å². The number of rotatable bonds is 3. The standard InChI is InChI=1S/C22H23FN2O2S/c23-19-8-6-18(7-9-19)21(27)25-14-15-28-22(25)10-12-24(13-11-22)20(26)16-17-4-2-1-3-5-17/h1-9H,10-16H2. The Labute approximate surface area is 168 Å². The lowest BCUT2D eigenvalue weighted by Gasteiger charge is -2.44. The predicted octanol–water partition coefficient (Wildman–Crippen LogP) is 3.58. The zero-order valence-electron chi connectivity index (χ0n) is 15.6. The van der Waals surface area contributed by atoms with Crippen LogP contribution in [0.5, 0.6) is 0 Å². The summed E-state index contributed by atoms with van der Waals surface area (Å²) >= 11 is 1.81. The van der Waals surface area contributed by atoms with Crippen molar-refractivity contribution >= 4 is 23.6 Å². The van der Waals surface area contributed by atoms with E-state index in [0.29, 0.717) is 31.6 Å². The van der Waals surface area contributed by atoms with Crippen LogP contribution in [0.4, 0.5) is 4.39 Å². The normalized spacial score (nSPS) is 18.5. The Bertz CT molecular complexity index is 849. The Kier molecular flexibility index (Phi) is 5.40. The van der Waals surface area contributed by atoms with Gasteiger partial charge in [0.15, 0.2) is 0 Å². The van der Waals surface area contributed by atoms with E-state index in [1.54, 1.807) is 12.1 Å². The number of amides is 2. The molecule has 28 heavy (non-hydrogen) atoms. The summed E-state index contributed by atoms with van der Waals surface area (Å²) in [6.07, 6.45) is 1.95. The molecule has 0 atom stereocenters. The van der Waals surface area contributed by atoms with E-state index in [-0.39, 0.29) is 22.5 Å². The van der Waals surface area contributed by atoms with Gasteiger partial charge in [-0.3, -0.25) is 9.59 Å². The fourth-order valence-corrected chi connectivity index (χ4v) is 5.50. The molecule has 0 radical (unpaired) electrons. The van der Waals surface area contributed by atoms with Crippen molar-refractivity contribution in [1.29, 1.82) is 0 Å². The monoisotopic (exact) mass is 398 g/mol. The molecule has 2 aromatic carbocycles. The van der Waals surface area contributed by atoms with Gasteiger partial charge in [-0.1, -0.05) is 30.3 Å². The maximum Gasteiger partial charge on any atom is 0.254 e. The van der Waals surface area contributed by atoms with Gasteiger partial charge in [0.25, 0.3) is 5.91 Å². The highest BCUT2D eigenvalue weighted by molar-refractivity contribution is 8.00. The van der Waals surface area contributed by atoms with Gasteiger partial charge >= 0.3 is 0 Å². The second kappa shape index (κ2) is 7.95. The van der Waals surface area contributed by atoms with Crippen molar-refractivity contribution in [1.82, 2.24) is 9.80 Å². The van der Waals surface area contributed by atoms with Crippen LogP contribution in [0.1, 0.15) is 28.8 Å². The molecule has 1 spiro atoms. The SMILES string of the molecule is O=C(Cc1ccccc1)N1CCC2(CC1)SCCN2C(=O)c1ccc(F)cc1. The average molecular weight is 399 g/mol. The van der Waals surface area contributed by atoms with Gasteiger partial charge < -0.3 is 9.80 Å². The molecule has 0 unspecified atom stereocenters. The molecule has 4 rings (SSSR count). The van der Waals surface area contributed by atoms with Crippen LogP contribution in [-0.2, 0) is 11.2 Å². The zero-order chi connectivity index (χ0) is 19.6. The molecule has 0 saturated carbocycles. The van der Waals surface area contributed by atoms with Gasteiger partial charge in [-0.25, -0.2) is 4.39 Å². The molecular weight excluding hydrogens is 375 g/mol. The van der Waals surface area contributed by atoms with Crippen molar-refractivity contribution < 1.29 is 14.0 Å². The first kappa shape index (κ1) is 19.0. The van der Waals surface area contributed by atoms with E-state index in [9.17, 15) is 14.0 Å². The summed E-state index contributed by atoms with van der Waals surface area (Å²) in [6.45, 7) is 2.01. The molecule has 2 aromatic rings. The fourth-order valence-electron chi connectivity index (χ4n) is 4.05. The minimum absolute atomic E-state index is 0.0472. The first-order valence-electron chi connectivity index (χ1n) is 9.61. The molecule has 2 aliphatic heterocycles. The van der Waals surface area contributed by atoms with E-state index in [1.165, 1.54) is 12.1 Å². The Morgan fingerprint density at radius 2 is 1.64 bits per heavy atom. The van der Waals surface area contributed by atoms with Gasteiger partial charge in [0.2, 0.25) is 5.91 Å². The van der Waals surface area contributed by atoms with Crippen LogP contribution in [-0.4, -0.2) is 51.9 Å². The van der Waals surface area contributed by atoms with Crippen LogP contribution in [0.25, 0.3) is 0 Å². The molecule has 2 aliphatic rings. The minimum Gasteiger partial charge on any atom is -0.342 e. The van der Waals surface area contributed by atoms with Gasteiger partial charge in [0, 0.05) is 31.0 Å². The second-order valence-electron chi connectivity index (χ2n) is 7.30. The van der Waals surface area contributed by atoms with Crippen LogP contribution < -0.4 is 0 Å². The summed E-state index contributed by atoms with van der Waals surface area (Å²) in [5, 5.41) is 0. The summed E-state index contributed by atoms with van der Waals surface area (Å²) in [5.74, 6) is 0.645. The highest BCUT2D eigenvalue weighted by atomic mass is 32.2. The third-order valence-corrected chi connectivity index (χ3v) is 7.16. The predicted molar refractivity (Wildman–Crippen MR) is 109 cm³/mol. The first-order valence-corrected chi connectivity index (χ1v) is 10.6. The first-order chi connectivity index (χ1) is 13.6. The fraction of sp³-hybridized carbons (Fsp3) is 0.364. The summed E-state index contributed by atoms with van der Waals surface area (Å²) in [5.41, 5.74) is 1.54. The molecule has 2 fully saturated rings. The van der Waals surface area contributed by atoms with E-state index in [0.717, 1.165) is 24.2 Å². The van der Waals surface area contributed by atoms with Crippen molar-refractivity contribution in [3.63, 3.8) is 0 Å². The van der Waals surface area contributed by atoms with Crippen molar-refractivity contribution in [3.8, 4) is 0 Å². The largest absolute Gasteiger partial charge is 0.342 e. The Morgan fingerprint density at radius 3 is 2.32 bits per heavy atom. The van der Waals surface area contributed by atoms with Gasteiger partial charge in [0.05, 0.1) is 11.3 Å². The van der Waals surface area contributed by atoms with E-state index in [1.807, 2.05) is 51.9 Å². The lowest BCUT2D eigenvalue weighted by Crippen LogP contribution is -2.53. The summed E-state index contributed by atoms with van der Waals surface area (Å²) in [4.78, 5) is 29.2. The quantitative estimate of drug-likeness (QED) is 0.794. The van der Waals surface area contributed by atoms with Crippen LogP contribution in [0.15, 0.2) is 54.6 Å². The van der Waals surface area contributed by atoms with E-state index >= 15 is 0 Å². The summed E-state index contributed by atoms with van der Waals surface area (Å²) in [7, 11) is 0. The maximum atomic E-state index is 13.2. The maximum absolute atomic E-state index is 13.2. The Balaban J connectivity index is 1.41. The molecule has 0 N–H and O–H groups in total. The Morgan fingerprint density at radius 1 is 0.964 bits per heavy atom. The Hall–Kier alpha value is -2.34. The lowest BCUT2D eigenvalue weighted by atomic mass is 10.00. The van der Waals surface area contributed by atoms with Crippen LogP contribution >= 0.6 is 11.8 Å². The summed E-state index contributed by atoms with van der Waals surface area (Å²) in [6, 6.07) is 15.5. The average Bonchev–Trinajstić information content (AvgIpc) is 3.12. The molecule has 0 bridgehead atoms. The molecule has 2 saturated heterocycles. The third-order valence-electron chi connectivity index (χ3n) is 5.61. The number of thioether (sulfide) groups is 1. The molecule has 6 heteroatoms. The number of nitrogens with zero attached hydrogens (tertiary/aromatic N) is 2. The van der Waals surface area contributed by atoms with Crippen molar-refractivity contribution in [2.75, 3.05) is 25.4 Å². The smallest absolute Gasteiger partial charge is 0.254 e. The van der Waals surface area contributed by atoms with Crippen molar-refractivity contribution in [2.45, 2.75) is 24.1 Å². The highest BCUT2D eigenvalue weighted by Crippen LogP contribution is 2.44. The number of benzene rings is 2. The number of carbonyl (C=O) groups is 2. The topological polar surface area (TPSA) is 40.6 Å². The number of piperidine rings is 1. The molecule has 146 valence electrons. The van der Waals surface area contributed by atoms with E-state index in [4.69, 9.17) is 0 Å². The lowest BCUT2D eigenvalue weighted by molar-refractivity contribution is -0.132. The number of halogens is 1. The summed E-state index contributed by atoms with van der Waals surface area (Å²) < 4.78 is 13.2. The van der Waals surface area contributed by atoms with Crippen molar-refractivity contribution in [3.05, 3.63) is 71.5 Å². The third kappa shape index (κ3) is 3.78. The number of hydrogen-bond donors (Lipinski definition) is 0. The molecule has 2 amide bonds. The van der Waals surface area contributed by atoms with Gasteiger partial charge in [0.1, 0.15) is 5.82 Å². The molecule has 0 aliphatic carbocycles. The molecule has 0 aromatic heterocycles. The van der Waals surface area contributed by atoms with Crippen LogP contribution in [0, 0.1) is 5.82 Å². The molecular formula is C22H23FN2O2S. The van der Waals surface area contributed by atoms with Crippen LogP contribution in [0.3, 0.4) is 0 Å². The van der Waals surface area contributed by atoms with Gasteiger partial charge in [-0.15, -0.1) is 11.8 Å². The van der Waals surface area contributed by atoms with E-state index in [2.05, 4.69) is 0 Å². The van der Waals surface area contributed by atoms with E-state index < -0.39 is 0 Å². The molecule has 4 nitrogen and oxygen atoms in total. The second-order valence-corrected chi connectivity index (χ2v) is 8.76. The number of carbonyl (C=O) groups excluding carboxylic acids is 2. The zero-order valence-corrected chi connectivity index (χ0v) is 16.5. The number of hydrogen-bond acceptors (Lipinski definition) is 3. The number of likely N-dealkylation sites (tertiary alicyclic amines) is 1.